The van der Waals surface area contributed by atoms with Crippen LogP contribution in [0.25, 0.3) is 0 Å². The molecule has 1 aliphatic rings. The number of para-hydroxylation sites is 2. The lowest BCUT2D eigenvalue weighted by Gasteiger charge is -2.24. The van der Waals surface area contributed by atoms with Gasteiger partial charge in [-0.25, -0.2) is 9.59 Å². The summed E-state index contributed by atoms with van der Waals surface area (Å²) >= 11 is 0. The predicted octanol–water partition coefficient (Wildman–Crippen LogP) is 2.58. The van der Waals surface area contributed by atoms with E-state index in [1.54, 1.807) is 48.5 Å². The van der Waals surface area contributed by atoms with Gasteiger partial charge in [0.2, 0.25) is 6.10 Å². The fourth-order valence-corrected chi connectivity index (χ4v) is 2.53. The topological polar surface area (TPSA) is 100 Å². The average Bonchev–Trinajstić information content (AvgIpc) is 2.76. The monoisotopic (exact) mass is 399 g/mol. The van der Waals surface area contributed by atoms with Crippen molar-refractivity contribution in [3.8, 4) is 11.5 Å². The third-order valence-corrected chi connectivity index (χ3v) is 3.96. The molecule has 3 rings (SSSR count). The van der Waals surface area contributed by atoms with Crippen molar-refractivity contribution in [3.05, 3.63) is 54.1 Å². The van der Waals surface area contributed by atoms with Crippen LogP contribution in [0, 0.1) is 0 Å². The highest BCUT2D eigenvalue weighted by atomic mass is 16.6. The molecule has 1 atom stereocenters. The van der Waals surface area contributed by atoms with E-state index >= 15 is 0 Å². The molecule has 8 nitrogen and oxygen atoms in total. The van der Waals surface area contributed by atoms with Crippen LogP contribution >= 0.6 is 0 Å². The maximum absolute atomic E-state index is 12.1. The molecule has 0 saturated heterocycles. The largest absolute Gasteiger partial charge is 0.485 e. The van der Waals surface area contributed by atoms with E-state index in [0.717, 1.165) is 6.42 Å². The number of ether oxygens (including phenoxy) is 4. The number of amides is 1. The molecule has 1 amide bonds. The third kappa shape index (κ3) is 5.47. The number of carbonyl (C=O) groups excluding carboxylic acids is 3. The number of anilines is 1. The summed E-state index contributed by atoms with van der Waals surface area (Å²) in [6.07, 6.45) is -0.200. The van der Waals surface area contributed by atoms with E-state index in [9.17, 15) is 14.4 Å². The van der Waals surface area contributed by atoms with Crippen LogP contribution in [0.1, 0.15) is 23.7 Å². The smallest absolute Gasteiger partial charge is 0.351 e. The van der Waals surface area contributed by atoms with Gasteiger partial charge in [-0.1, -0.05) is 19.1 Å². The lowest BCUT2D eigenvalue weighted by Crippen LogP contribution is -2.39. The SMILES string of the molecule is CCCOC(=O)c1ccc(NC(=O)COC(=O)[C@@H]2COc3ccccc3O2)cc1. The van der Waals surface area contributed by atoms with Gasteiger partial charge in [0, 0.05) is 5.69 Å². The highest BCUT2D eigenvalue weighted by molar-refractivity contribution is 5.94. The molecule has 2 aromatic carbocycles. The molecule has 152 valence electrons. The molecule has 0 spiro atoms. The van der Waals surface area contributed by atoms with Crippen LogP contribution < -0.4 is 14.8 Å². The second-order valence-electron chi connectivity index (χ2n) is 6.23. The van der Waals surface area contributed by atoms with Crippen molar-refractivity contribution in [2.75, 3.05) is 25.1 Å². The number of hydrogen-bond acceptors (Lipinski definition) is 7. The van der Waals surface area contributed by atoms with E-state index in [4.69, 9.17) is 18.9 Å². The minimum atomic E-state index is -0.939. The van der Waals surface area contributed by atoms with Crippen molar-refractivity contribution >= 4 is 23.5 Å². The summed E-state index contributed by atoms with van der Waals surface area (Å²) in [5.41, 5.74) is 0.849. The van der Waals surface area contributed by atoms with E-state index in [-0.39, 0.29) is 6.61 Å². The predicted molar refractivity (Wildman–Crippen MR) is 103 cm³/mol. The number of benzene rings is 2. The number of rotatable bonds is 7. The maximum Gasteiger partial charge on any atom is 0.351 e. The summed E-state index contributed by atoms with van der Waals surface area (Å²) in [6.45, 7) is 1.79. The van der Waals surface area contributed by atoms with Crippen molar-refractivity contribution in [3.63, 3.8) is 0 Å². The molecule has 0 radical (unpaired) electrons. The van der Waals surface area contributed by atoms with E-state index in [1.807, 2.05) is 6.92 Å². The summed E-state index contributed by atoms with van der Waals surface area (Å²) in [6, 6.07) is 13.2. The molecule has 8 heteroatoms. The molecule has 0 fully saturated rings. The summed E-state index contributed by atoms with van der Waals surface area (Å²) < 4.78 is 21.0. The van der Waals surface area contributed by atoms with Crippen LogP contribution in [0.3, 0.4) is 0 Å². The zero-order chi connectivity index (χ0) is 20.6. The Kier molecular flexibility index (Phi) is 6.67. The van der Waals surface area contributed by atoms with Crippen LogP contribution in [0.2, 0.25) is 0 Å². The Hall–Kier alpha value is -3.55. The second-order valence-corrected chi connectivity index (χ2v) is 6.23. The van der Waals surface area contributed by atoms with Crippen LogP contribution in [-0.2, 0) is 19.1 Å². The molecule has 29 heavy (non-hydrogen) atoms. The van der Waals surface area contributed by atoms with Gasteiger partial charge in [0.15, 0.2) is 18.1 Å². The minimum Gasteiger partial charge on any atom is -0.485 e. The maximum atomic E-state index is 12.1. The van der Waals surface area contributed by atoms with Crippen molar-refractivity contribution in [1.82, 2.24) is 0 Å². The Morgan fingerprint density at radius 1 is 1.03 bits per heavy atom. The average molecular weight is 399 g/mol. The molecule has 1 heterocycles. The fourth-order valence-electron chi connectivity index (χ4n) is 2.53. The number of fused-ring (bicyclic) bond motifs is 1. The van der Waals surface area contributed by atoms with E-state index in [2.05, 4.69) is 5.32 Å². The Morgan fingerprint density at radius 2 is 1.76 bits per heavy atom. The molecule has 2 aromatic rings. The van der Waals surface area contributed by atoms with Gasteiger partial charge in [0.1, 0.15) is 6.61 Å². The first-order valence-electron chi connectivity index (χ1n) is 9.19. The molecule has 0 aliphatic carbocycles. The Labute approximate surface area is 167 Å². The van der Waals surface area contributed by atoms with Gasteiger partial charge < -0.3 is 24.3 Å². The zero-order valence-electron chi connectivity index (χ0n) is 15.9. The lowest BCUT2D eigenvalue weighted by molar-refractivity contribution is -0.156. The van der Waals surface area contributed by atoms with Crippen LogP contribution in [0.4, 0.5) is 5.69 Å². The van der Waals surface area contributed by atoms with Gasteiger partial charge in [0.05, 0.1) is 12.2 Å². The van der Waals surface area contributed by atoms with E-state index in [1.165, 1.54) is 0 Å². The Balaban J connectivity index is 1.45. The normalized spacial score (nSPS) is 14.6. The quantitative estimate of drug-likeness (QED) is 0.714. The van der Waals surface area contributed by atoms with Crippen molar-refractivity contribution < 1.29 is 33.3 Å². The molecule has 0 aromatic heterocycles. The molecule has 0 unspecified atom stereocenters. The minimum absolute atomic E-state index is 0.00700. The first-order valence-corrected chi connectivity index (χ1v) is 9.19. The van der Waals surface area contributed by atoms with Crippen LogP contribution in [0.5, 0.6) is 11.5 Å². The fraction of sp³-hybridized carbons (Fsp3) is 0.286. The van der Waals surface area contributed by atoms with Crippen LogP contribution in [0.15, 0.2) is 48.5 Å². The molecule has 0 bridgehead atoms. The molecule has 0 saturated carbocycles. The highest BCUT2D eigenvalue weighted by Crippen LogP contribution is 2.31. The Bertz CT molecular complexity index is 879. The standard InChI is InChI=1S/C21H21NO7/c1-2-11-26-20(24)14-7-9-15(10-8-14)22-19(23)13-28-21(25)18-12-27-16-5-3-4-6-17(16)29-18/h3-10,18H,2,11-13H2,1H3,(H,22,23)/t18-/m0/s1. The van der Waals surface area contributed by atoms with Crippen molar-refractivity contribution in [2.24, 2.45) is 0 Å². The number of carbonyl (C=O) groups is 3. The summed E-state index contributed by atoms with van der Waals surface area (Å²) in [5.74, 6) is -0.630. The number of esters is 2. The molecule has 1 N–H and O–H groups in total. The zero-order valence-corrected chi connectivity index (χ0v) is 15.9. The first kappa shape index (κ1) is 20.2. The summed E-state index contributed by atoms with van der Waals surface area (Å²) in [4.78, 5) is 35.9. The molecule has 1 aliphatic heterocycles. The molecular weight excluding hydrogens is 378 g/mol. The third-order valence-electron chi connectivity index (χ3n) is 3.96. The second kappa shape index (κ2) is 9.59. The highest BCUT2D eigenvalue weighted by Gasteiger charge is 2.29. The first-order chi connectivity index (χ1) is 14.1. The summed E-state index contributed by atoms with van der Waals surface area (Å²) in [5, 5.41) is 2.58. The van der Waals surface area contributed by atoms with Crippen molar-refractivity contribution in [2.45, 2.75) is 19.4 Å². The van der Waals surface area contributed by atoms with Gasteiger partial charge in [-0.15, -0.1) is 0 Å². The van der Waals surface area contributed by atoms with Gasteiger partial charge in [-0.05, 0) is 42.8 Å². The van der Waals surface area contributed by atoms with Crippen molar-refractivity contribution in [1.29, 1.82) is 0 Å². The van der Waals surface area contributed by atoms with E-state index in [0.29, 0.717) is 29.4 Å². The van der Waals surface area contributed by atoms with Gasteiger partial charge in [0.25, 0.3) is 5.91 Å². The molecular formula is C21H21NO7. The Morgan fingerprint density at radius 3 is 2.48 bits per heavy atom. The lowest BCUT2D eigenvalue weighted by atomic mass is 10.2. The summed E-state index contributed by atoms with van der Waals surface area (Å²) in [7, 11) is 0. The number of nitrogens with one attached hydrogen (secondary N) is 1. The van der Waals surface area contributed by atoms with Gasteiger partial charge >= 0.3 is 11.9 Å². The van der Waals surface area contributed by atoms with Crippen LogP contribution in [-0.4, -0.2) is 43.8 Å². The van der Waals surface area contributed by atoms with Gasteiger partial charge in [-0.2, -0.15) is 0 Å². The van der Waals surface area contributed by atoms with Gasteiger partial charge in [-0.3, -0.25) is 4.79 Å². The number of hydrogen-bond donors (Lipinski definition) is 1. The van der Waals surface area contributed by atoms with E-state index < -0.39 is 30.6 Å².